The van der Waals surface area contributed by atoms with Crippen molar-refractivity contribution in [3.63, 3.8) is 0 Å². The van der Waals surface area contributed by atoms with Gasteiger partial charge in [0.25, 0.3) is 5.91 Å². The summed E-state index contributed by atoms with van der Waals surface area (Å²) >= 11 is 0. The molecule has 1 aromatic rings. The highest BCUT2D eigenvalue weighted by Gasteiger charge is 2.23. The van der Waals surface area contributed by atoms with Crippen LogP contribution in [0.4, 0.5) is 4.39 Å². The summed E-state index contributed by atoms with van der Waals surface area (Å²) in [4.78, 5) is 14.4. The second kappa shape index (κ2) is 7.55. The van der Waals surface area contributed by atoms with Crippen LogP contribution >= 0.6 is 0 Å². The van der Waals surface area contributed by atoms with Gasteiger partial charge in [0, 0.05) is 19.1 Å². The van der Waals surface area contributed by atoms with E-state index in [2.05, 4.69) is 12.2 Å². The zero-order valence-electron chi connectivity index (χ0n) is 13.0. The molecular weight excluding hydrogens is 267 g/mol. The van der Waals surface area contributed by atoms with Gasteiger partial charge in [0.05, 0.1) is 5.56 Å². The second-order valence-corrected chi connectivity index (χ2v) is 5.88. The summed E-state index contributed by atoms with van der Waals surface area (Å²) in [6.07, 6.45) is 4.22. The molecule has 0 spiro atoms. The fourth-order valence-corrected chi connectivity index (χ4v) is 2.77. The van der Waals surface area contributed by atoms with Gasteiger partial charge in [-0.3, -0.25) is 4.79 Å². The molecule has 1 N–H and O–H groups in total. The van der Waals surface area contributed by atoms with Crippen molar-refractivity contribution in [1.82, 2.24) is 10.2 Å². The number of aryl methyl sites for hydroxylation is 1. The normalized spacial score (nSPS) is 18.0. The summed E-state index contributed by atoms with van der Waals surface area (Å²) in [7, 11) is 0. The molecule has 1 fully saturated rings. The van der Waals surface area contributed by atoms with E-state index in [1.165, 1.54) is 6.07 Å². The van der Waals surface area contributed by atoms with Crippen molar-refractivity contribution in [1.29, 1.82) is 0 Å². The number of nitrogens with one attached hydrogen (secondary N) is 1. The van der Waals surface area contributed by atoms with Crippen LogP contribution < -0.4 is 5.32 Å². The van der Waals surface area contributed by atoms with E-state index in [4.69, 9.17) is 0 Å². The molecule has 21 heavy (non-hydrogen) atoms. The standard InChI is InChI=1S/C17H25FN2O/c1-3-4-10-20(12-14-6-5-9-19-14)17(21)15-8-7-13(2)11-16(15)18/h7-8,11,14,19H,3-6,9-10,12H2,1-2H3. The Hall–Kier alpha value is -1.42. The number of rotatable bonds is 6. The van der Waals surface area contributed by atoms with Crippen molar-refractivity contribution in [2.45, 2.75) is 45.6 Å². The molecule has 3 nitrogen and oxygen atoms in total. The van der Waals surface area contributed by atoms with Gasteiger partial charge in [0.2, 0.25) is 0 Å². The highest BCUT2D eigenvalue weighted by molar-refractivity contribution is 5.94. The van der Waals surface area contributed by atoms with E-state index in [0.29, 0.717) is 19.1 Å². The summed E-state index contributed by atoms with van der Waals surface area (Å²) < 4.78 is 14.0. The molecule has 1 saturated heterocycles. The van der Waals surface area contributed by atoms with Gasteiger partial charge >= 0.3 is 0 Å². The van der Waals surface area contributed by atoms with Gasteiger partial charge in [-0.1, -0.05) is 19.4 Å². The summed E-state index contributed by atoms with van der Waals surface area (Å²) in [6.45, 7) is 6.31. The number of nitrogens with zero attached hydrogens (tertiary/aromatic N) is 1. The summed E-state index contributed by atoms with van der Waals surface area (Å²) in [5.74, 6) is -0.601. The first kappa shape index (κ1) is 16.0. The molecule has 116 valence electrons. The maximum Gasteiger partial charge on any atom is 0.256 e. The first-order valence-corrected chi connectivity index (χ1v) is 7.90. The van der Waals surface area contributed by atoms with E-state index < -0.39 is 5.82 Å². The molecule has 4 heteroatoms. The molecule has 1 aliphatic heterocycles. The topological polar surface area (TPSA) is 32.3 Å². The van der Waals surface area contributed by atoms with Crippen LogP contribution in [0, 0.1) is 12.7 Å². The van der Waals surface area contributed by atoms with Crippen LogP contribution in [0.5, 0.6) is 0 Å². The highest BCUT2D eigenvalue weighted by atomic mass is 19.1. The van der Waals surface area contributed by atoms with Gasteiger partial charge in [-0.15, -0.1) is 0 Å². The number of unbranched alkanes of at least 4 members (excludes halogenated alkanes) is 1. The number of amides is 1. The van der Waals surface area contributed by atoms with Crippen molar-refractivity contribution in [2.24, 2.45) is 0 Å². The molecule has 1 amide bonds. The number of hydrogen-bond donors (Lipinski definition) is 1. The molecular formula is C17H25FN2O. The maximum absolute atomic E-state index is 14.0. The van der Waals surface area contributed by atoms with Gasteiger partial charge < -0.3 is 10.2 Å². The van der Waals surface area contributed by atoms with Crippen LogP contribution in [0.1, 0.15) is 48.5 Å². The quantitative estimate of drug-likeness (QED) is 0.873. The minimum absolute atomic E-state index is 0.186. The van der Waals surface area contributed by atoms with E-state index in [0.717, 1.165) is 37.8 Å². The summed E-state index contributed by atoms with van der Waals surface area (Å²) in [5, 5.41) is 3.41. The van der Waals surface area contributed by atoms with E-state index >= 15 is 0 Å². The third-order valence-electron chi connectivity index (χ3n) is 4.03. The average molecular weight is 292 g/mol. The maximum atomic E-state index is 14.0. The summed E-state index contributed by atoms with van der Waals surface area (Å²) in [6, 6.07) is 5.18. The van der Waals surface area contributed by atoms with Crippen LogP contribution in [-0.4, -0.2) is 36.5 Å². The predicted molar refractivity (Wildman–Crippen MR) is 83.0 cm³/mol. The Morgan fingerprint density at radius 2 is 2.29 bits per heavy atom. The van der Waals surface area contributed by atoms with Crippen LogP contribution in [0.3, 0.4) is 0 Å². The molecule has 1 unspecified atom stereocenters. The van der Waals surface area contributed by atoms with Crippen LogP contribution in [0.25, 0.3) is 0 Å². The number of halogens is 1. The van der Waals surface area contributed by atoms with Gasteiger partial charge in [0.15, 0.2) is 0 Å². The molecule has 1 heterocycles. The fourth-order valence-electron chi connectivity index (χ4n) is 2.77. The largest absolute Gasteiger partial charge is 0.337 e. The van der Waals surface area contributed by atoms with Crippen molar-refractivity contribution in [2.75, 3.05) is 19.6 Å². The summed E-state index contributed by atoms with van der Waals surface area (Å²) in [5.41, 5.74) is 1.02. The van der Waals surface area contributed by atoms with Crippen molar-refractivity contribution >= 4 is 5.91 Å². The highest BCUT2D eigenvalue weighted by Crippen LogP contribution is 2.15. The van der Waals surface area contributed by atoms with Crippen LogP contribution in [-0.2, 0) is 0 Å². The molecule has 1 atom stereocenters. The fraction of sp³-hybridized carbons (Fsp3) is 0.588. The van der Waals surface area contributed by atoms with E-state index in [9.17, 15) is 9.18 Å². The predicted octanol–water partition coefficient (Wildman–Crippen LogP) is 3.13. The zero-order valence-corrected chi connectivity index (χ0v) is 13.0. The van der Waals surface area contributed by atoms with Gasteiger partial charge in [-0.25, -0.2) is 4.39 Å². The minimum atomic E-state index is -0.416. The Morgan fingerprint density at radius 1 is 1.48 bits per heavy atom. The lowest BCUT2D eigenvalue weighted by molar-refractivity contribution is 0.0734. The van der Waals surface area contributed by atoms with E-state index in [1.54, 1.807) is 17.0 Å². The van der Waals surface area contributed by atoms with Crippen molar-refractivity contribution < 1.29 is 9.18 Å². The van der Waals surface area contributed by atoms with Gasteiger partial charge in [-0.05, 0) is 50.4 Å². The Balaban J connectivity index is 2.11. The third-order valence-corrected chi connectivity index (χ3v) is 4.03. The molecule has 1 aliphatic rings. The van der Waals surface area contributed by atoms with Crippen molar-refractivity contribution in [3.05, 3.63) is 35.1 Å². The lowest BCUT2D eigenvalue weighted by Gasteiger charge is -2.26. The Morgan fingerprint density at radius 3 is 2.90 bits per heavy atom. The van der Waals surface area contributed by atoms with E-state index in [-0.39, 0.29) is 11.5 Å². The molecule has 2 rings (SSSR count). The molecule has 0 aromatic heterocycles. The van der Waals surface area contributed by atoms with Gasteiger partial charge in [-0.2, -0.15) is 0 Å². The Labute approximate surface area is 126 Å². The van der Waals surface area contributed by atoms with Crippen LogP contribution in [0.2, 0.25) is 0 Å². The molecule has 0 bridgehead atoms. The monoisotopic (exact) mass is 292 g/mol. The molecule has 0 aliphatic carbocycles. The minimum Gasteiger partial charge on any atom is -0.337 e. The van der Waals surface area contributed by atoms with E-state index in [1.807, 2.05) is 6.92 Å². The van der Waals surface area contributed by atoms with Crippen LogP contribution in [0.15, 0.2) is 18.2 Å². The average Bonchev–Trinajstić information content (AvgIpc) is 2.95. The number of carbonyl (C=O) groups is 1. The Kier molecular flexibility index (Phi) is 5.74. The zero-order chi connectivity index (χ0) is 15.2. The lowest BCUT2D eigenvalue weighted by atomic mass is 10.1. The Bertz CT molecular complexity index is 484. The third kappa shape index (κ3) is 4.27. The first-order valence-electron chi connectivity index (χ1n) is 7.90. The van der Waals surface area contributed by atoms with Crippen molar-refractivity contribution in [3.8, 4) is 0 Å². The molecule has 0 radical (unpaired) electrons. The smallest absolute Gasteiger partial charge is 0.256 e. The lowest BCUT2D eigenvalue weighted by Crippen LogP contribution is -2.41. The number of carbonyl (C=O) groups excluding carboxylic acids is 1. The first-order chi connectivity index (χ1) is 10.1. The van der Waals surface area contributed by atoms with Gasteiger partial charge in [0.1, 0.15) is 5.82 Å². The molecule has 1 aromatic carbocycles. The molecule has 0 saturated carbocycles. The number of benzene rings is 1. The SMILES string of the molecule is CCCCN(CC1CCCN1)C(=O)c1ccc(C)cc1F. The second-order valence-electron chi connectivity index (χ2n) is 5.88. The number of hydrogen-bond acceptors (Lipinski definition) is 2.